The van der Waals surface area contributed by atoms with Crippen LogP contribution in [0.4, 0.5) is 4.79 Å². The molecule has 3 amide bonds. The number of urea groups is 1. The number of phenols is 1. The van der Waals surface area contributed by atoms with Crippen LogP contribution in [0.3, 0.4) is 0 Å². The minimum Gasteiger partial charge on any atom is -0.508 e. The first-order valence-corrected chi connectivity index (χ1v) is 6.08. The maximum absolute atomic E-state index is 11.9. The highest BCUT2D eigenvalue weighted by Gasteiger charge is 2.31. The Labute approximate surface area is 115 Å². The van der Waals surface area contributed by atoms with Gasteiger partial charge in [0.2, 0.25) is 0 Å². The summed E-state index contributed by atoms with van der Waals surface area (Å²) in [4.78, 5) is 36.1. The molecule has 1 aliphatic heterocycles. The maximum atomic E-state index is 11.9. The monoisotopic (exact) mass is 278 g/mol. The number of ether oxygens (including phenoxy) is 1. The second kappa shape index (κ2) is 5.60. The van der Waals surface area contributed by atoms with Crippen LogP contribution in [0.5, 0.6) is 5.75 Å². The second-order valence-electron chi connectivity index (χ2n) is 4.32. The quantitative estimate of drug-likeness (QED) is 0.784. The van der Waals surface area contributed by atoms with Gasteiger partial charge in [-0.1, -0.05) is 0 Å². The van der Waals surface area contributed by atoms with E-state index in [-0.39, 0.29) is 17.9 Å². The van der Waals surface area contributed by atoms with Crippen molar-refractivity contribution < 1.29 is 24.2 Å². The lowest BCUT2D eigenvalue weighted by atomic mass is 10.2. The van der Waals surface area contributed by atoms with Crippen molar-refractivity contribution in [3.8, 4) is 5.75 Å². The van der Waals surface area contributed by atoms with E-state index in [1.54, 1.807) is 0 Å². The molecule has 1 saturated heterocycles. The number of benzene rings is 1. The predicted molar refractivity (Wildman–Crippen MR) is 68.1 cm³/mol. The molecule has 7 nitrogen and oxygen atoms in total. The van der Waals surface area contributed by atoms with Crippen molar-refractivity contribution in [3.63, 3.8) is 0 Å². The van der Waals surface area contributed by atoms with E-state index in [0.717, 1.165) is 4.90 Å². The van der Waals surface area contributed by atoms with Crippen LogP contribution in [0.1, 0.15) is 17.3 Å². The number of amides is 3. The van der Waals surface area contributed by atoms with Crippen LogP contribution in [0.25, 0.3) is 0 Å². The highest BCUT2D eigenvalue weighted by Crippen LogP contribution is 2.12. The molecule has 20 heavy (non-hydrogen) atoms. The zero-order chi connectivity index (χ0) is 14.7. The number of aromatic hydroxyl groups is 1. The molecule has 0 bridgehead atoms. The lowest BCUT2D eigenvalue weighted by Crippen LogP contribution is -2.41. The van der Waals surface area contributed by atoms with Crippen LogP contribution in [-0.2, 0) is 9.53 Å². The molecule has 1 fully saturated rings. The van der Waals surface area contributed by atoms with E-state index in [2.05, 4.69) is 5.32 Å². The summed E-state index contributed by atoms with van der Waals surface area (Å²) in [5.74, 6) is -1.23. The smallest absolute Gasteiger partial charge is 0.338 e. The summed E-state index contributed by atoms with van der Waals surface area (Å²) in [6, 6.07) is 4.98. The van der Waals surface area contributed by atoms with Crippen molar-refractivity contribution in [1.29, 1.82) is 0 Å². The largest absolute Gasteiger partial charge is 0.508 e. The van der Waals surface area contributed by atoms with Crippen LogP contribution in [0.15, 0.2) is 24.3 Å². The topological polar surface area (TPSA) is 95.9 Å². The standard InChI is InChI=1S/C13H14N2O5/c1-8(11(17)15-7-6-14-13(15)19)20-12(18)9-2-4-10(16)5-3-9/h2-5,8,16H,6-7H2,1H3,(H,14,19)/t8-/m0/s1. The van der Waals surface area contributed by atoms with Gasteiger partial charge in [-0.3, -0.25) is 9.69 Å². The molecule has 7 heteroatoms. The predicted octanol–water partition coefficient (Wildman–Crippen LogP) is 0.489. The normalized spacial score (nSPS) is 15.7. The number of imide groups is 1. The number of hydrogen-bond acceptors (Lipinski definition) is 5. The van der Waals surface area contributed by atoms with Crippen LogP contribution in [0, 0.1) is 0 Å². The first-order valence-electron chi connectivity index (χ1n) is 6.08. The highest BCUT2D eigenvalue weighted by molar-refractivity contribution is 5.99. The Balaban J connectivity index is 1.98. The SMILES string of the molecule is C[C@H](OC(=O)c1ccc(O)cc1)C(=O)N1CCNC1=O. The average Bonchev–Trinajstić information content (AvgIpc) is 2.84. The summed E-state index contributed by atoms with van der Waals surface area (Å²) in [6.07, 6.45) is -1.06. The number of carbonyl (C=O) groups is 3. The summed E-state index contributed by atoms with van der Waals surface area (Å²) in [5, 5.41) is 11.6. The Morgan fingerprint density at radius 1 is 1.35 bits per heavy atom. The fourth-order valence-corrected chi connectivity index (χ4v) is 1.78. The van der Waals surface area contributed by atoms with Gasteiger partial charge in [0.25, 0.3) is 5.91 Å². The summed E-state index contributed by atoms with van der Waals surface area (Å²) < 4.78 is 5.01. The third-order valence-corrected chi connectivity index (χ3v) is 2.86. The molecule has 1 aromatic carbocycles. The zero-order valence-electron chi connectivity index (χ0n) is 10.8. The van der Waals surface area contributed by atoms with Gasteiger partial charge < -0.3 is 15.2 Å². The van der Waals surface area contributed by atoms with Gasteiger partial charge in [-0.15, -0.1) is 0 Å². The molecule has 1 heterocycles. The van der Waals surface area contributed by atoms with Crippen molar-refractivity contribution in [2.75, 3.05) is 13.1 Å². The van der Waals surface area contributed by atoms with Gasteiger partial charge in [-0.05, 0) is 31.2 Å². The molecule has 0 aliphatic carbocycles. The van der Waals surface area contributed by atoms with Crippen molar-refractivity contribution in [3.05, 3.63) is 29.8 Å². The fraction of sp³-hybridized carbons (Fsp3) is 0.308. The Kier molecular flexibility index (Phi) is 3.88. The Morgan fingerprint density at radius 3 is 2.55 bits per heavy atom. The maximum Gasteiger partial charge on any atom is 0.338 e. The third-order valence-electron chi connectivity index (χ3n) is 2.86. The number of esters is 1. The van der Waals surface area contributed by atoms with E-state index in [9.17, 15) is 14.4 Å². The molecule has 0 unspecified atom stereocenters. The minimum atomic E-state index is -1.06. The Morgan fingerprint density at radius 2 is 2.00 bits per heavy atom. The fourth-order valence-electron chi connectivity index (χ4n) is 1.78. The van der Waals surface area contributed by atoms with Gasteiger partial charge in [0.1, 0.15) is 5.75 Å². The molecule has 0 saturated carbocycles. The van der Waals surface area contributed by atoms with Crippen molar-refractivity contribution >= 4 is 17.9 Å². The molecule has 0 radical (unpaired) electrons. The summed E-state index contributed by atoms with van der Waals surface area (Å²) in [5.41, 5.74) is 0.216. The molecule has 106 valence electrons. The van der Waals surface area contributed by atoms with Gasteiger partial charge in [0.05, 0.1) is 5.56 Å². The summed E-state index contributed by atoms with van der Waals surface area (Å²) >= 11 is 0. The molecular weight excluding hydrogens is 264 g/mol. The third kappa shape index (κ3) is 2.87. The lowest BCUT2D eigenvalue weighted by molar-refractivity contribution is -0.136. The van der Waals surface area contributed by atoms with E-state index < -0.39 is 24.0 Å². The van der Waals surface area contributed by atoms with Crippen molar-refractivity contribution in [1.82, 2.24) is 10.2 Å². The van der Waals surface area contributed by atoms with E-state index in [4.69, 9.17) is 9.84 Å². The molecule has 0 spiro atoms. The first-order chi connectivity index (χ1) is 9.49. The van der Waals surface area contributed by atoms with Crippen LogP contribution in [-0.4, -0.2) is 47.1 Å². The molecule has 2 N–H and O–H groups in total. The average molecular weight is 278 g/mol. The molecule has 1 atom stereocenters. The highest BCUT2D eigenvalue weighted by atomic mass is 16.5. The van der Waals surface area contributed by atoms with Crippen LogP contribution >= 0.6 is 0 Å². The van der Waals surface area contributed by atoms with Crippen LogP contribution < -0.4 is 5.32 Å². The van der Waals surface area contributed by atoms with Crippen LogP contribution in [0.2, 0.25) is 0 Å². The summed E-state index contributed by atoms with van der Waals surface area (Å²) in [7, 11) is 0. The van der Waals surface area contributed by atoms with E-state index in [0.29, 0.717) is 6.54 Å². The molecule has 1 aliphatic rings. The number of nitrogens with one attached hydrogen (secondary N) is 1. The molecular formula is C13H14N2O5. The van der Waals surface area contributed by atoms with Gasteiger partial charge in [0, 0.05) is 13.1 Å². The van der Waals surface area contributed by atoms with E-state index >= 15 is 0 Å². The van der Waals surface area contributed by atoms with Crippen molar-refractivity contribution in [2.45, 2.75) is 13.0 Å². The first kappa shape index (κ1) is 13.9. The van der Waals surface area contributed by atoms with Gasteiger partial charge in [-0.2, -0.15) is 0 Å². The number of phenolic OH excluding ortho intramolecular Hbond substituents is 1. The molecule has 1 aromatic rings. The lowest BCUT2D eigenvalue weighted by Gasteiger charge is -2.18. The molecule has 0 aromatic heterocycles. The number of carbonyl (C=O) groups excluding carboxylic acids is 3. The molecule has 2 rings (SSSR count). The summed E-state index contributed by atoms with van der Waals surface area (Å²) in [6.45, 7) is 2.06. The number of hydrogen-bond donors (Lipinski definition) is 2. The van der Waals surface area contributed by atoms with Gasteiger partial charge >= 0.3 is 12.0 Å². The second-order valence-corrected chi connectivity index (χ2v) is 4.32. The Bertz CT molecular complexity index is 540. The van der Waals surface area contributed by atoms with E-state index in [1.165, 1.54) is 31.2 Å². The number of rotatable bonds is 3. The Hall–Kier alpha value is -2.57. The van der Waals surface area contributed by atoms with Gasteiger partial charge in [0.15, 0.2) is 6.10 Å². The number of nitrogens with zero attached hydrogens (tertiary/aromatic N) is 1. The minimum absolute atomic E-state index is 0.0272. The zero-order valence-corrected chi connectivity index (χ0v) is 10.8. The van der Waals surface area contributed by atoms with E-state index in [1.807, 2.05) is 0 Å². The van der Waals surface area contributed by atoms with Crippen molar-refractivity contribution in [2.24, 2.45) is 0 Å². The van der Waals surface area contributed by atoms with Gasteiger partial charge in [-0.25, -0.2) is 9.59 Å².